The first-order valence-corrected chi connectivity index (χ1v) is 7.11. The Morgan fingerprint density at radius 3 is 2.55 bits per heavy atom. The van der Waals surface area contributed by atoms with Crippen LogP contribution >= 0.6 is 0 Å². The van der Waals surface area contributed by atoms with Crippen LogP contribution in [0.4, 0.5) is 4.79 Å². The van der Waals surface area contributed by atoms with Crippen molar-refractivity contribution >= 4 is 17.9 Å². The molecular formula is C16H21N3O. The highest BCUT2D eigenvalue weighted by molar-refractivity contribution is 6.05. The van der Waals surface area contributed by atoms with Gasteiger partial charge in [0.05, 0.1) is 6.04 Å². The van der Waals surface area contributed by atoms with Gasteiger partial charge in [0.1, 0.15) is 5.84 Å². The van der Waals surface area contributed by atoms with E-state index in [4.69, 9.17) is 5.73 Å². The van der Waals surface area contributed by atoms with Crippen molar-refractivity contribution in [2.45, 2.75) is 38.1 Å². The Kier molecular flexibility index (Phi) is 5.35. The number of hydrogen-bond acceptors (Lipinski definition) is 2. The van der Waals surface area contributed by atoms with Gasteiger partial charge in [-0.3, -0.25) is 10.3 Å². The van der Waals surface area contributed by atoms with Crippen molar-refractivity contribution in [2.75, 3.05) is 0 Å². The Labute approximate surface area is 119 Å². The van der Waals surface area contributed by atoms with E-state index in [1.54, 1.807) is 0 Å². The number of amidine groups is 1. The first kappa shape index (κ1) is 14.3. The average molecular weight is 271 g/mol. The molecule has 0 bridgehead atoms. The lowest BCUT2D eigenvalue weighted by atomic mass is 9.96. The molecule has 1 aliphatic carbocycles. The largest absolute Gasteiger partial charge is 0.351 e. The molecule has 1 aliphatic rings. The molecule has 4 nitrogen and oxygen atoms in total. The van der Waals surface area contributed by atoms with Gasteiger partial charge < -0.3 is 5.73 Å². The maximum Gasteiger partial charge on any atom is 0.317 e. The second-order valence-electron chi connectivity index (χ2n) is 5.04. The van der Waals surface area contributed by atoms with Gasteiger partial charge in [-0.1, -0.05) is 55.7 Å². The van der Waals surface area contributed by atoms with Gasteiger partial charge >= 0.3 is 6.03 Å². The highest BCUT2D eigenvalue weighted by Gasteiger charge is 2.12. The molecule has 4 heteroatoms. The summed E-state index contributed by atoms with van der Waals surface area (Å²) in [5, 5.41) is 2.60. The van der Waals surface area contributed by atoms with Crippen molar-refractivity contribution in [3.8, 4) is 0 Å². The summed E-state index contributed by atoms with van der Waals surface area (Å²) in [5.41, 5.74) is 6.27. The number of primary amides is 1. The Morgan fingerprint density at radius 2 is 1.90 bits per heavy atom. The minimum Gasteiger partial charge on any atom is -0.351 e. The minimum absolute atomic E-state index is 0.297. The molecule has 0 radical (unpaired) electrons. The molecule has 0 spiro atoms. The van der Waals surface area contributed by atoms with Crippen molar-refractivity contribution < 1.29 is 4.79 Å². The number of rotatable bonds is 3. The average Bonchev–Trinajstić information content (AvgIpc) is 2.46. The Hall–Kier alpha value is -2.10. The van der Waals surface area contributed by atoms with Gasteiger partial charge in [-0.2, -0.15) is 0 Å². The summed E-state index contributed by atoms with van der Waals surface area (Å²) >= 11 is 0. The fourth-order valence-electron chi connectivity index (χ4n) is 2.39. The van der Waals surface area contributed by atoms with E-state index in [1.807, 2.05) is 42.5 Å². The van der Waals surface area contributed by atoms with Gasteiger partial charge in [0, 0.05) is 0 Å². The standard InChI is InChI=1S/C16H21N3O/c17-16(20)19-15(18-14-9-5-2-6-10-14)12-11-13-7-3-1-4-8-13/h1,3-4,7-8,11-12,14H,2,5-6,9-10H2,(H3,17,18,19,20)/b12-11+. The topological polar surface area (TPSA) is 67.5 Å². The second-order valence-corrected chi connectivity index (χ2v) is 5.04. The Balaban J connectivity index is 2.08. The first-order valence-electron chi connectivity index (χ1n) is 7.11. The Bertz CT molecular complexity index is 488. The minimum atomic E-state index is -0.572. The van der Waals surface area contributed by atoms with E-state index >= 15 is 0 Å². The molecule has 0 saturated heterocycles. The van der Waals surface area contributed by atoms with Crippen LogP contribution in [-0.2, 0) is 0 Å². The predicted octanol–water partition coefficient (Wildman–Crippen LogP) is 3.10. The molecule has 0 atom stereocenters. The second kappa shape index (κ2) is 7.48. The monoisotopic (exact) mass is 271 g/mol. The first-order chi connectivity index (χ1) is 9.74. The van der Waals surface area contributed by atoms with Crippen LogP contribution in [0.2, 0.25) is 0 Å². The van der Waals surface area contributed by atoms with Crippen LogP contribution in [0, 0.1) is 0 Å². The number of nitrogens with two attached hydrogens (primary N) is 1. The lowest BCUT2D eigenvalue weighted by Gasteiger charge is -2.18. The Morgan fingerprint density at radius 1 is 1.20 bits per heavy atom. The molecule has 2 amide bonds. The molecule has 106 valence electrons. The van der Waals surface area contributed by atoms with E-state index in [9.17, 15) is 4.79 Å². The van der Waals surface area contributed by atoms with Crippen molar-refractivity contribution in [3.05, 3.63) is 42.0 Å². The predicted molar refractivity (Wildman–Crippen MR) is 82.5 cm³/mol. The van der Waals surface area contributed by atoms with E-state index in [-0.39, 0.29) is 0 Å². The SMILES string of the molecule is NC(=O)NC(/C=C/c1ccccc1)=NC1CCCCC1. The van der Waals surface area contributed by atoms with Crippen LogP contribution < -0.4 is 11.1 Å². The van der Waals surface area contributed by atoms with Gasteiger partial charge in [-0.15, -0.1) is 0 Å². The third-order valence-electron chi connectivity index (χ3n) is 3.38. The lowest BCUT2D eigenvalue weighted by Crippen LogP contribution is -2.35. The van der Waals surface area contributed by atoms with Gasteiger partial charge in [0.15, 0.2) is 0 Å². The van der Waals surface area contributed by atoms with E-state index in [0.717, 1.165) is 18.4 Å². The third-order valence-corrected chi connectivity index (χ3v) is 3.38. The van der Waals surface area contributed by atoms with Crippen LogP contribution in [0.25, 0.3) is 6.08 Å². The molecule has 0 heterocycles. The number of carbonyl (C=O) groups is 1. The molecular weight excluding hydrogens is 250 g/mol. The van der Waals surface area contributed by atoms with Crippen molar-refractivity contribution in [3.63, 3.8) is 0 Å². The number of urea groups is 1. The highest BCUT2D eigenvalue weighted by Crippen LogP contribution is 2.20. The zero-order chi connectivity index (χ0) is 14.2. The van der Waals surface area contributed by atoms with Crippen molar-refractivity contribution in [1.82, 2.24) is 5.32 Å². The summed E-state index contributed by atoms with van der Waals surface area (Å²) in [4.78, 5) is 15.7. The summed E-state index contributed by atoms with van der Waals surface area (Å²) < 4.78 is 0. The van der Waals surface area contributed by atoms with Crippen LogP contribution in [0.1, 0.15) is 37.7 Å². The van der Waals surface area contributed by atoms with Crippen molar-refractivity contribution in [2.24, 2.45) is 10.7 Å². The number of amides is 2. The molecule has 1 saturated carbocycles. The number of nitrogens with one attached hydrogen (secondary N) is 1. The van der Waals surface area contributed by atoms with Crippen LogP contribution in [0.15, 0.2) is 41.4 Å². The molecule has 20 heavy (non-hydrogen) atoms. The van der Waals surface area contributed by atoms with E-state index < -0.39 is 6.03 Å². The van der Waals surface area contributed by atoms with Gasteiger partial charge in [0.2, 0.25) is 0 Å². The lowest BCUT2D eigenvalue weighted by molar-refractivity contribution is 0.253. The maximum atomic E-state index is 11.1. The van der Waals surface area contributed by atoms with E-state index in [0.29, 0.717) is 11.9 Å². The molecule has 3 N–H and O–H groups in total. The van der Waals surface area contributed by atoms with Crippen molar-refractivity contribution in [1.29, 1.82) is 0 Å². The normalized spacial score (nSPS) is 17.3. The maximum absolute atomic E-state index is 11.1. The number of hydrogen-bond donors (Lipinski definition) is 2. The summed E-state index contributed by atoms with van der Waals surface area (Å²) in [7, 11) is 0. The van der Waals surface area contributed by atoms with Crippen LogP contribution in [-0.4, -0.2) is 17.9 Å². The van der Waals surface area contributed by atoms with E-state index in [1.165, 1.54) is 19.3 Å². The van der Waals surface area contributed by atoms with Gasteiger partial charge in [0.25, 0.3) is 0 Å². The van der Waals surface area contributed by atoms with Crippen LogP contribution in [0.3, 0.4) is 0 Å². The van der Waals surface area contributed by atoms with E-state index in [2.05, 4.69) is 10.3 Å². The van der Waals surface area contributed by atoms with Gasteiger partial charge in [-0.05, 0) is 24.5 Å². The summed E-state index contributed by atoms with van der Waals surface area (Å²) in [6.45, 7) is 0. The number of benzene rings is 1. The van der Waals surface area contributed by atoms with Gasteiger partial charge in [-0.25, -0.2) is 4.79 Å². The highest BCUT2D eigenvalue weighted by atomic mass is 16.2. The molecule has 0 aliphatic heterocycles. The smallest absolute Gasteiger partial charge is 0.317 e. The molecule has 1 aromatic rings. The molecule has 1 aromatic carbocycles. The molecule has 1 fully saturated rings. The number of carbonyl (C=O) groups excluding carboxylic acids is 1. The third kappa shape index (κ3) is 4.88. The molecule has 0 unspecified atom stereocenters. The zero-order valence-corrected chi connectivity index (χ0v) is 11.6. The summed E-state index contributed by atoms with van der Waals surface area (Å²) in [6, 6.07) is 9.63. The molecule has 2 rings (SSSR count). The summed E-state index contributed by atoms with van der Waals surface area (Å²) in [6.07, 6.45) is 9.61. The number of aliphatic imine (C=N–C) groups is 1. The fourth-order valence-corrected chi connectivity index (χ4v) is 2.39. The summed E-state index contributed by atoms with van der Waals surface area (Å²) in [5.74, 6) is 0.549. The number of nitrogens with zero attached hydrogens (tertiary/aromatic N) is 1. The zero-order valence-electron chi connectivity index (χ0n) is 11.6. The van der Waals surface area contributed by atoms with Crippen LogP contribution in [0.5, 0.6) is 0 Å². The quantitative estimate of drug-likeness (QED) is 0.643. The fraction of sp³-hybridized carbons (Fsp3) is 0.375. The molecule has 0 aromatic heterocycles.